The Kier molecular flexibility index (Phi) is 7.55. The lowest BCUT2D eigenvalue weighted by Crippen LogP contribution is -2.16. The van der Waals surface area contributed by atoms with Crippen LogP contribution in [0.25, 0.3) is 0 Å². The van der Waals surface area contributed by atoms with Crippen LogP contribution in [-0.2, 0) is 35.3 Å². The number of hydrogen-bond donors (Lipinski definition) is 2. The molecule has 2 aromatic heterocycles. The quantitative estimate of drug-likeness (QED) is 0.346. The van der Waals surface area contributed by atoms with Crippen molar-refractivity contribution in [3.63, 3.8) is 0 Å². The van der Waals surface area contributed by atoms with E-state index in [1.807, 2.05) is 72.8 Å². The fraction of sp³-hybridized carbons (Fsp3) is 0.241. The number of carbonyl (C=O) groups is 2. The van der Waals surface area contributed by atoms with Gasteiger partial charge < -0.3 is 10.6 Å². The molecule has 0 unspecified atom stereocenters. The lowest BCUT2D eigenvalue weighted by Gasteiger charge is -2.06. The van der Waals surface area contributed by atoms with Crippen LogP contribution < -0.4 is 10.6 Å². The highest BCUT2D eigenvalue weighted by atomic mass is 16.2. The third kappa shape index (κ3) is 7.27. The molecule has 1 aliphatic carbocycles. The molecule has 8 nitrogen and oxygen atoms in total. The minimum Gasteiger partial charge on any atom is -0.309 e. The highest BCUT2D eigenvalue weighted by Gasteiger charge is 2.37. The zero-order chi connectivity index (χ0) is 25.5. The van der Waals surface area contributed by atoms with E-state index in [1.54, 1.807) is 12.1 Å². The van der Waals surface area contributed by atoms with E-state index in [4.69, 9.17) is 0 Å². The van der Waals surface area contributed by atoms with Crippen molar-refractivity contribution in [3.05, 3.63) is 107 Å². The van der Waals surface area contributed by atoms with Gasteiger partial charge in [-0.15, -0.1) is 10.2 Å². The average molecular weight is 493 g/mol. The Hall–Kier alpha value is -4.46. The number of hydrogen-bond acceptors (Lipinski definition) is 6. The van der Waals surface area contributed by atoms with E-state index in [-0.39, 0.29) is 11.8 Å². The molecule has 37 heavy (non-hydrogen) atoms. The summed E-state index contributed by atoms with van der Waals surface area (Å²) in [6, 6.07) is 26.7. The summed E-state index contributed by atoms with van der Waals surface area (Å²) in [4.78, 5) is 24.4. The van der Waals surface area contributed by atoms with Gasteiger partial charge in [-0.05, 0) is 66.5 Å². The van der Waals surface area contributed by atoms with Crippen molar-refractivity contribution in [2.45, 2.75) is 32.1 Å². The van der Waals surface area contributed by atoms with E-state index >= 15 is 0 Å². The Labute approximate surface area is 215 Å². The molecular weight excluding hydrogens is 464 g/mol. The lowest BCUT2D eigenvalue weighted by molar-refractivity contribution is -0.116. The first kappa shape index (κ1) is 24.2. The summed E-state index contributed by atoms with van der Waals surface area (Å²) in [5, 5.41) is 22.5. The zero-order valence-corrected chi connectivity index (χ0v) is 20.4. The first-order chi connectivity index (χ1) is 18.1. The van der Waals surface area contributed by atoms with Crippen molar-refractivity contribution in [2.24, 2.45) is 11.8 Å². The number of amides is 2. The van der Waals surface area contributed by atoms with Crippen LogP contribution in [0.3, 0.4) is 0 Å². The molecule has 2 amide bonds. The molecular formula is C29H28N6O2. The summed E-state index contributed by atoms with van der Waals surface area (Å²) in [5.74, 6) is 1.75. The van der Waals surface area contributed by atoms with Crippen LogP contribution in [0, 0.1) is 11.8 Å². The number of benzene rings is 2. The maximum Gasteiger partial charge on any atom is 0.229 e. The third-order valence-electron chi connectivity index (χ3n) is 6.40. The fourth-order valence-corrected chi connectivity index (χ4v) is 4.35. The van der Waals surface area contributed by atoms with E-state index in [0.717, 1.165) is 41.8 Å². The van der Waals surface area contributed by atoms with E-state index < -0.39 is 0 Å². The van der Waals surface area contributed by atoms with E-state index in [2.05, 4.69) is 31.0 Å². The molecule has 2 atom stereocenters. The van der Waals surface area contributed by atoms with Crippen LogP contribution in [-0.4, -0.2) is 32.2 Å². The normalized spacial score (nSPS) is 16.1. The molecule has 0 radical (unpaired) electrons. The van der Waals surface area contributed by atoms with Crippen molar-refractivity contribution < 1.29 is 9.59 Å². The average Bonchev–Trinajstić information content (AvgIpc) is 3.64. The van der Waals surface area contributed by atoms with Gasteiger partial charge in [0, 0.05) is 0 Å². The molecule has 1 saturated carbocycles. The van der Waals surface area contributed by atoms with Gasteiger partial charge in [0.15, 0.2) is 11.6 Å². The number of rotatable bonds is 10. The zero-order valence-electron chi connectivity index (χ0n) is 20.4. The largest absolute Gasteiger partial charge is 0.309 e. The van der Waals surface area contributed by atoms with Gasteiger partial charge in [-0.1, -0.05) is 60.7 Å². The molecule has 0 aliphatic heterocycles. The van der Waals surface area contributed by atoms with Crippen LogP contribution in [0.1, 0.15) is 28.9 Å². The molecule has 2 N–H and O–H groups in total. The van der Waals surface area contributed by atoms with Crippen molar-refractivity contribution in [3.8, 4) is 0 Å². The molecule has 2 aromatic carbocycles. The molecule has 186 valence electrons. The van der Waals surface area contributed by atoms with E-state index in [1.165, 1.54) is 0 Å². The van der Waals surface area contributed by atoms with Crippen LogP contribution >= 0.6 is 0 Å². The van der Waals surface area contributed by atoms with Gasteiger partial charge in [-0.25, -0.2) is 0 Å². The molecule has 1 aliphatic rings. The highest BCUT2D eigenvalue weighted by molar-refractivity contribution is 5.91. The Morgan fingerprint density at radius 2 is 1.03 bits per heavy atom. The van der Waals surface area contributed by atoms with Crippen molar-refractivity contribution in [1.82, 2.24) is 20.4 Å². The van der Waals surface area contributed by atoms with Crippen LogP contribution in [0.5, 0.6) is 0 Å². The van der Waals surface area contributed by atoms with E-state index in [9.17, 15) is 9.59 Å². The standard InChI is InChI=1S/C29H28N6O2/c36-28(15-20-7-3-1-4-8-20)30-26-13-11-24(32-34-26)18-22-17-23(22)19-25-12-14-27(35-33-25)31-29(37)16-21-9-5-2-6-10-21/h1-14,22-23H,15-19H2,(H,30,34,36)(H,31,35,37)/t22-,23-/m1/s1. The van der Waals surface area contributed by atoms with Crippen LogP contribution in [0.2, 0.25) is 0 Å². The van der Waals surface area contributed by atoms with Gasteiger partial charge >= 0.3 is 0 Å². The van der Waals surface area contributed by atoms with Gasteiger partial charge in [0.05, 0.1) is 24.2 Å². The number of carbonyl (C=O) groups excluding carboxylic acids is 2. The summed E-state index contributed by atoms with van der Waals surface area (Å²) < 4.78 is 0. The third-order valence-corrected chi connectivity index (χ3v) is 6.40. The summed E-state index contributed by atoms with van der Waals surface area (Å²) in [6.45, 7) is 0. The molecule has 5 rings (SSSR count). The van der Waals surface area contributed by atoms with Crippen LogP contribution in [0.15, 0.2) is 84.9 Å². The topological polar surface area (TPSA) is 110 Å². The SMILES string of the molecule is O=C(Cc1ccccc1)Nc1ccc(C[C@H]2C[C@@H]2Cc2ccc(NC(=O)Cc3ccccc3)nn2)nn1. The summed E-state index contributed by atoms with van der Waals surface area (Å²) >= 11 is 0. The summed E-state index contributed by atoms with van der Waals surface area (Å²) in [7, 11) is 0. The first-order valence-electron chi connectivity index (χ1n) is 12.4. The minimum atomic E-state index is -0.113. The maximum atomic E-state index is 12.2. The molecule has 1 fully saturated rings. The number of anilines is 2. The molecule has 0 bridgehead atoms. The molecule has 4 aromatic rings. The predicted octanol–water partition coefficient (Wildman–Crippen LogP) is 4.05. The second-order valence-corrected chi connectivity index (χ2v) is 9.41. The van der Waals surface area contributed by atoms with Gasteiger partial charge in [-0.3, -0.25) is 9.59 Å². The summed E-state index contributed by atoms with van der Waals surface area (Å²) in [5.41, 5.74) is 3.74. The molecule has 0 spiro atoms. The molecule has 2 heterocycles. The van der Waals surface area contributed by atoms with Crippen molar-refractivity contribution >= 4 is 23.5 Å². The second kappa shape index (κ2) is 11.5. The minimum absolute atomic E-state index is 0.113. The van der Waals surface area contributed by atoms with Crippen LogP contribution in [0.4, 0.5) is 11.6 Å². The van der Waals surface area contributed by atoms with Gasteiger partial charge in [0.2, 0.25) is 11.8 Å². The second-order valence-electron chi connectivity index (χ2n) is 9.41. The highest BCUT2D eigenvalue weighted by Crippen LogP contribution is 2.42. The fourth-order valence-electron chi connectivity index (χ4n) is 4.35. The lowest BCUT2D eigenvalue weighted by atomic mass is 10.1. The van der Waals surface area contributed by atoms with Gasteiger partial charge in [-0.2, -0.15) is 10.2 Å². The number of aromatic nitrogens is 4. The van der Waals surface area contributed by atoms with Crippen molar-refractivity contribution in [2.75, 3.05) is 10.6 Å². The maximum absolute atomic E-state index is 12.2. The Morgan fingerprint density at radius 1 is 0.595 bits per heavy atom. The smallest absolute Gasteiger partial charge is 0.229 e. The molecule has 0 saturated heterocycles. The van der Waals surface area contributed by atoms with E-state index in [0.29, 0.717) is 36.3 Å². The first-order valence-corrected chi connectivity index (χ1v) is 12.4. The Bertz CT molecular complexity index is 1220. The summed E-state index contributed by atoms with van der Waals surface area (Å²) in [6.07, 6.45) is 3.40. The monoisotopic (exact) mass is 492 g/mol. The Balaban J connectivity index is 1.04. The Morgan fingerprint density at radius 3 is 1.41 bits per heavy atom. The van der Waals surface area contributed by atoms with Crippen molar-refractivity contribution in [1.29, 1.82) is 0 Å². The molecule has 8 heteroatoms. The van der Waals surface area contributed by atoms with Gasteiger partial charge in [0.25, 0.3) is 0 Å². The predicted molar refractivity (Wildman–Crippen MR) is 141 cm³/mol. The van der Waals surface area contributed by atoms with Gasteiger partial charge in [0.1, 0.15) is 0 Å². The number of nitrogens with zero attached hydrogens (tertiary/aromatic N) is 4. The number of nitrogens with one attached hydrogen (secondary N) is 2.